The van der Waals surface area contributed by atoms with Crippen LogP contribution >= 0.6 is 23.5 Å². The van der Waals surface area contributed by atoms with Crippen molar-refractivity contribution < 1.29 is 23.7 Å². The number of carbonyl (C=O) groups is 1. The van der Waals surface area contributed by atoms with Crippen molar-refractivity contribution in [2.75, 3.05) is 32.3 Å². The van der Waals surface area contributed by atoms with Crippen molar-refractivity contribution in [2.45, 2.75) is 24.0 Å². The smallest absolute Gasteiger partial charge is 0.335 e. The number of aliphatic imine (C=N–C) groups is 1. The van der Waals surface area contributed by atoms with Crippen LogP contribution in [0.1, 0.15) is 40.7 Å². The van der Waals surface area contributed by atoms with Gasteiger partial charge in [-0.05, 0) is 65.8 Å². The SMILES string of the molecule is CCOC(=O)[C@@H](N=Cc1ccccc1)c1cc(OC)cc(Oc2cc(C3SCCCS3)ccc2OC)c1. The highest BCUT2D eigenvalue weighted by atomic mass is 32.2. The van der Waals surface area contributed by atoms with Gasteiger partial charge in [-0.1, -0.05) is 36.4 Å². The second-order valence-corrected chi connectivity index (χ2v) is 10.9. The van der Waals surface area contributed by atoms with E-state index in [1.54, 1.807) is 45.6 Å². The summed E-state index contributed by atoms with van der Waals surface area (Å²) in [5.74, 6) is 4.15. The summed E-state index contributed by atoms with van der Waals surface area (Å²) in [6, 6.07) is 20.2. The molecule has 1 heterocycles. The molecule has 1 atom stereocenters. The fourth-order valence-electron chi connectivity index (χ4n) is 3.86. The molecule has 1 fully saturated rings. The summed E-state index contributed by atoms with van der Waals surface area (Å²) in [5, 5.41) is 0. The molecule has 0 amide bonds. The van der Waals surface area contributed by atoms with Crippen LogP contribution in [-0.2, 0) is 9.53 Å². The highest BCUT2D eigenvalue weighted by molar-refractivity contribution is 8.16. The van der Waals surface area contributed by atoms with Crippen molar-refractivity contribution in [1.82, 2.24) is 0 Å². The van der Waals surface area contributed by atoms with Crippen LogP contribution in [0.3, 0.4) is 0 Å². The Morgan fingerprint density at radius 2 is 1.73 bits per heavy atom. The Bertz CT molecular complexity index is 1210. The summed E-state index contributed by atoms with van der Waals surface area (Å²) in [5.41, 5.74) is 2.68. The molecule has 0 unspecified atom stereocenters. The van der Waals surface area contributed by atoms with Crippen LogP contribution < -0.4 is 14.2 Å². The molecule has 6 nitrogen and oxygen atoms in total. The first kappa shape index (κ1) is 26.9. The molecule has 194 valence electrons. The Morgan fingerprint density at radius 1 is 0.973 bits per heavy atom. The van der Waals surface area contributed by atoms with E-state index in [1.165, 1.54) is 12.0 Å². The van der Waals surface area contributed by atoms with Crippen molar-refractivity contribution in [1.29, 1.82) is 0 Å². The third-order valence-electron chi connectivity index (χ3n) is 5.65. The van der Waals surface area contributed by atoms with Crippen molar-refractivity contribution in [3.05, 3.63) is 83.4 Å². The number of methoxy groups -OCH3 is 2. The molecule has 0 saturated carbocycles. The number of rotatable bonds is 10. The van der Waals surface area contributed by atoms with E-state index in [2.05, 4.69) is 11.1 Å². The van der Waals surface area contributed by atoms with E-state index in [-0.39, 0.29) is 6.61 Å². The lowest BCUT2D eigenvalue weighted by Gasteiger charge is -2.22. The topological polar surface area (TPSA) is 66.4 Å². The number of benzene rings is 3. The second-order valence-electron chi connectivity index (χ2n) is 8.22. The van der Waals surface area contributed by atoms with Gasteiger partial charge in [-0.25, -0.2) is 4.79 Å². The number of thioether (sulfide) groups is 2. The summed E-state index contributed by atoms with van der Waals surface area (Å²) in [4.78, 5) is 17.5. The van der Waals surface area contributed by atoms with Gasteiger partial charge in [0.1, 0.15) is 11.5 Å². The van der Waals surface area contributed by atoms with Gasteiger partial charge in [0.2, 0.25) is 0 Å². The van der Waals surface area contributed by atoms with Gasteiger partial charge in [-0.15, -0.1) is 23.5 Å². The van der Waals surface area contributed by atoms with Gasteiger partial charge < -0.3 is 18.9 Å². The first-order chi connectivity index (χ1) is 18.1. The number of hydrogen-bond donors (Lipinski definition) is 0. The summed E-state index contributed by atoms with van der Waals surface area (Å²) in [6.45, 7) is 2.03. The maximum Gasteiger partial charge on any atom is 0.335 e. The third kappa shape index (κ3) is 7.23. The zero-order valence-corrected chi connectivity index (χ0v) is 22.8. The first-order valence-corrected chi connectivity index (χ1v) is 14.2. The first-order valence-electron chi connectivity index (χ1n) is 12.1. The number of hydrogen-bond acceptors (Lipinski definition) is 8. The van der Waals surface area contributed by atoms with E-state index in [9.17, 15) is 4.79 Å². The number of esters is 1. The molecular weight excluding hydrogens is 506 g/mol. The van der Waals surface area contributed by atoms with Crippen molar-refractivity contribution in [3.63, 3.8) is 0 Å². The predicted molar refractivity (Wildman–Crippen MR) is 152 cm³/mol. The number of ether oxygens (including phenoxy) is 4. The zero-order valence-electron chi connectivity index (χ0n) is 21.2. The minimum atomic E-state index is -0.874. The minimum Gasteiger partial charge on any atom is -0.497 e. The Hall–Kier alpha value is -3.10. The van der Waals surface area contributed by atoms with Crippen molar-refractivity contribution in [2.24, 2.45) is 4.99 Å². The quantitative estimate of drug-likeness (QED) is 0.202. The maximum absolute atomic E-state index is 12.9. The summed E-state index contributed by atoms with van der Waals surface area (Å²) >= 11 is 3.90. The third-order valence-corrected chi connectivity index (χ3v) is 8.67. The number of nitrogens with zero attached hydrogens (tertiary/aromatic N) is 1. The summed E-state index contributed by atoms with van der Waals surface area (Å²) in [6.07, 6.45) is 2.90. The molecule has 1 aliphatic rings. The van der Waals surface area contributed by atoms with Crippen LogP contribution in [0.5, 0.6) is 23.0 Å². The van der Waals surface area contributed by atoms with Gasteiger partial charge in [0.05, 0.1) is 25.4 Å². The Labute approximate surface area is 226 Å². The van der Waals surface area contributed by atoms with Crippen LogP contribution in [0.2, 0.25) is 0 Å². The molecule has 3 aromatic carbocycles. The largest absolute Gasteiger partial charge is 0.497 e. The van der Waals surface area contributed by atoms with E-state index in [1.807, 2.05) is 66.0 Å². The molecule has 0 aliphatic carbocycles. The van der Waals surface area contributed by atoms with Crippen molar-refractivity contribution in [3.8, 4) is 23.0 Å². The molecule has 0 radical (unpaired) electrons. The lowest BCUT2D eigenvalue weighted by atomic mass is 10.1. The van der Waals surface area contributed by atoms with E-state index >= 15 is 0 Å². The molecule has 0 aromatic heterocycles. The molecule has 1 aliphatic heterocycles. The average molecular weight is 538 g/mol. The van der Waals surface area contributed by atoms with E-state index in [4.69, 9.17) is 18.9 Å². The normalized spacial score (nSPS) is 14.8. The summed E-state index contributed by atoms with van der Waals surface area (Å²) < 4.78 is 23.2. The molecule has 0 spiro atoms. The molecule has 8 heteroatoms. The van der Waals surface area contributed by atoms with Crippen LogP contribution in [0.15, 0.2) is 71.7 Å². The maximum atomic E-state index is 12.9. The van der Waals surface area contributed by atoms with Crippen LogP contribution in [-0.4, -0.2) is 44.5 Å². The Kier molecular flexibility index (Phi) is 9.79. The highest BCUT2D eigenvalue weighted by Gasteiger charge is 2.23. The van der Waals surface area contributed by atoms with Crippen LogP contribution in [0.25, 0.3) is 0 Å². The minimum absolute atomic E-state index is 0.255. The molecule has 0 bridgehead atoms. The van der Waals surface area contributed by atoms with E-state index in [0.29, 0.717) is 33.1 Å². The fraction of sp³-hybridized carbons (Fsp3) is 0.310. The van der Waals surface area contributed by atoms with Gasteiger partial charge in [-0.2, -0.15) is 0 Å². The predicted octanol–water partition coefficient (Wildman–Crippen LogP) is 7.09. The molecule has 0 N–H and O–H groups in total. The summed E-state index contributed by atoms with van der Waals surface area (Å²) in [7, 11) is 3.20. The van der Waals surface area contributed by atoms with Gasteiger partial charge in [0.15, 0.2) is 17.5 Å². The van der Waals surface area contributed by atoms with Crippen LogP contribution in [0.4, 0.5) is 0 Å². The van der Waals surface area contributed by atoms with Gasteiger partial charge >= 0.3 is 5.97 Å². The lowest BCUT2D eigenvalue weighted by molar-refractivity contribution is -0.144. The average Bonchev–Trinajstić information content (AvgIpc) is 2.94. The fourth-order valence-corrected chi connectivity index (χ4v) is 6.73. The second kappa shape index (κ2) is 13.4. The highest BCUT2D eigenvalue weighted by Crippen LogP contribution is 2.46. The van der Waals surface area contributed by atoms with Gasteiger partial charge in [0.25, 0.3) is 0 Å². The molecule has 3 aromatic rings. The lowest BCUT2D eigenvalue weighted by Crippen LogP contribution is -2.15. The molecule has 37 heavy (non-hydrogen) atoms. The van der Waals surface area contributed by atoms with Gasteiger partial charge in [0, 0.05) is 12.3 Å². The van der Waals surface area contributed by atoms with Gasteiger partial charge in [-0.3, -0.25) is 4.99 Å². The Balaban J connectivity index is 1.68. The van der Waals surface area contributed by atoms with Crippen molar-refractivity contribution >= 4 is 35.7 Å². The molecule has 4 rings (SSSR count). The number of carbonyl (C=O) groups excluding carboxylic acids is 1. The van der Waals surface area contributed by atoms with E-state index in [0.717, 1.165) is 17.1 Å². The molecular formula is C29H31NO5S2. The zero-order chi connectivity index (χ0) is 26.0. The standard InChI is InChI=1S/C29H31NO5S2/c1-4-34-28(31)27(30-19-20-9-6-5-7-10-20)22-15-23(32-2)18-24(16-22)35-26-17-21(11-12-25(26)33-3)29-36-13-8-14-37-29/h5-7,9-12,15-19,27,29H,4,8,13-14H2,1-3H3/t27-/m0/s1. The monoisotopic (exact) mass is 537 g/mol. The van der Waals surface area contributed by atoms with E-state index < -0.39 is 12.0 Å². The Morgan fingerprint density at radius 3 is 2.43 bits per heavy atom. The molecule has 1 saturated heterocycles. The van der Waals surface area contributed by atoms with Crippen LogP contribution in [0, 0.1) is 0 Å².